The molecule has 2 saturated heterocycles. The van der Waals surface area contributed by atoms with Gasteiger partial charge in [-0.15, -0.1) is 0 Å². The molecule has 298 valence electrons. The molecule has 16 nitrogen and oxygen atoms in total. The Morgan fingerprint density at radius 1 is 0.712 bits per heavy atom. The topological polar surface area (TPSA) is 212 Å². The Kier molecular flexibility index (Phi) is 10.5. The van der Waals surface area contributed by atoms with Crippen molar-refractivity contribution in [3.63, 3.8) is 0 Å². The molecule has 0 spiro atoms. The van der Waals surface area contributed by atoms with Crippen molar-refractivity contribution in [2.75, 3.05) is 34.3 Å². The number of hydrogen-bond donors (Lipinski definition) is 3. The third kappa shape index (κ3) is 7.70. The van der Waals surface area contributed by atoms with Gasteiger partial charge in [-0.2, -0.15) is 0 Å². The minimum atomic E-state index is -1.66. The number of primary amides is 1. The predicted molar refractivity (Wildman–Crippen MR) is 216 cm³/mol. The summed E-state index contributed by atoms with van der Waals surface area (Å²) in [6.45, 7) is 0.928. The van der Waals surface area contributed by atoms with E-state index >= 15 is 0 Å². The number of esters is 1. The first kappa shape index (κ1) is 39.8. The van der Waals surface area contributed by atoms with E-state index in [1.165, 1.54) is 16.9 Å². The lowest BCUT2D eigenvalue weighted by Gasteiger charge is -2.13. The van der Waals surface area contributed by atoms with Gasteiger partial charge in [0.15, 0.2) is 5.69 Å². The van der Waals surface area contributed by atoms with Gasteiger partial charge in [0, 0.05) is 76.4 Å². The zero-order valence-electron chi connectivity index (χ0n) is 32.8. The minimum Gasteiger partial charge on any atom is -0.464 e. The summed E-state index contributed by atoms with van der Waals surface area (Å²) in [5.74, 6) is 9.24. The van der Waals surface area contributed by atoms with Crippen molar-refractivity contribution in [3.8, 4) is 46.2 Å². The quantitative estimate of drug-likeness (QED) is 0.174. The molecule has 2 aliphatic rings. The van der Waals surface area contributed by atoms with Crippen LogP contribution in [-0.2, 0) is 28.4 Å². The number of pyridine rings is 2. The summed E-state index contributed by atoms with van der Waals surface area (Å²) in [6.07, 6.45) is 3.83. The van der Waals surface area contributed by atoms with Gasteiger partial charge in [0.2, 0.25) is 11.2 Å². The lowest BCUT2D eigenvalue weighted by molar-refractivity contribution is -0.138. The average molecular weight is 794 g/mol. The van der Waals surface area contributed by atoms with Crippen LogP contribution in [0.3, 0.4) is 0 Å². The number of imidazole rings is 2. The van der Waals surface area contributed by atoms with Crippen molar-refractivity contribution in [2.24, 2.45) is 19.8 Å². The Bertz CT molecular complexity index is 2840. The number of likely N-dealkylation sites (tertiary alicyclic amines) is 2. The van der Waals surface area contributed by atoms with Crippen LogP contribution in [-0.4, -0.2) is 118 Å². The predicted octanol–water partition coefficient (Wildman–Crippen LogP) is 2.05. The van der Waals surface area contributed by atoms with Gasteiger partial charge >= 0.3 is 5.97 Å². The molecule has 2 fully saturated rings. The molecule has 2 atom stereocenters. The molecule has 6 heterocycles. The standard InChI is InChI=1S/C22H20N4O4.C21H19N5O3/c1-25-10-9-22(29,21(25)28)8-7-14-5-4-6-15(11-14)18-19-17(26(2)13-23-19)12-16(24-18)20(27)30-3;1-25-9-8-21(29,20(25)28)7-6-13-4-3-5-14(10-13)17-18-16(26(2)12-23-18)11-15(24-17)19(22)27/h4-6,11-13,29H,9-10H2,1-3H3;3-5,10-12,29H,8-9H2,1-2H3,(H2,22,27)/t22-;21-/m00/s1. The number of carbonyl (C=O) groups is 4. The zero-order chi connectivity index (χ0) is 42.2. The van der Waals surface area contributed by atoms with Crippen LogP contribution in [0.15, 0.2) is 73.3 Å². The molecule has 16 heteroatoms. The minimum absolute atomic E-state index is 0.140. The zero-order valence-corrected chi connectivity index (χ0v) is 32.8. The van der Waals surface area contributed by atoms with E-state index in [9.17, 15) is 29.4 Å². The number of methoxy groups -OCH3 is 1. The Balaban J connectivity index is 0.000000179. The summed E-state index contributed by atoms with van der Waals surface area (Å²) in [5.41, 5.74) is 8.82. The van der Waals surface area contributed by atoms with Crippen LogP contribution in [0, 0.1) is 23.7 Å². The molecule has 0 radical (unpaired) electrons. The van der Waals surface area contributed by atoms with E-state index in [2.05, 4.69) is 43.6 Å². The summed E-state index contributed by atoms with van der Waals surface area (Å²) < 4.78 is 8.41. The van der Waals surface area contributed by atoms with Crippen LogP contribution in [0.1, 0.15) is 44.9 Å². The highest BCUT2D eigenvalue weighted by Gasteiger charge is 2.43. The maximum Gasteiger partial charge on any atom is 0.356 e. The second kappa shape index (κ2) is 15.5. The van der Waals surface area contributed by atoms with Gasteiger partial charge in [-0.25, -0.2) is 24.7 Å². The molecule has 59 heavy (non-hydrogen) atoms. The van der Waals surface area contributed by atoms with Crippen LogP contribution in [0.5, 0.6) is 0 Å². The lowest BCUT2D eigenvalue weighted by Crippen LogP contribution is -2.37. The highest BCUT2D eigenvalue weighted by atomic mass is 16.5. The fourth-order valence-electron chi connectivity index (χ4n) is 6.77. The summed E-state index contributed by atoms with van der Waals surface area (Å²) >= 11 is 0. The number of amides is 3. The Morgan fingerprint density at radius 2 is 1.15 bits per heavy atom. The van der Waals surface area contributed by atoms with Crippen molar-refractivity contribution in [3.05, 3.63) is 95.8 Å². The van der Waals surface area contributed by atoms with E-state index < -0.39 is 34.9 Å². The number of nitrogens with zero attached hydrogens (tertiary/aromatic N) is 8. The number of rotatable bonds is 4. The Morgan fingerprint density at radius 3 is 1.56 bits per heavy atom. The second-order valence-electron chi connectivity index (χ2n) is 14.4. The highest BCUT2D eigenvalue weighted by Crippen LogP contribution is 2.29. The van der Waals surface area contributed by atoms with Crippen LogP contribution in [0.4, 0.5) is 0 Å². The van der Waals surface area contributed by atoms with Gasteiger partial charge < -0.3 is 39.6 Å². The van der Waals surface area contributed by atoms with Crippen molar-refractivity contribution >= 4 is 45.8 Å². The van der Waals surface area contributed by atoms with Crippen molar-refractivity contribution < 1.29 is 34.1 Å². The van der Waals surface area contributed by atoms with Crippen molar-refractivity contribution in [1.82, 2.24) is 38.9 Å². The summed E-state index contributed by atoms with van der Waals surface area (Å²) in [4.78, 5) is 68.6. The van der Waals surface area contributed by atoms with E-state index in [-0.39, 0.29) is 24.2 Å². The van der Waals surface area contributed by atoms with E-state index in [0.717, 1.165) is 11.0 Å². The molecule has 4 aromatic heterocycles. The van der Waals surface area contributed by atoms with Gasteiger partial charge in [-0.1, -0.05) is 47.9 Å². The molecule has 4 N–H and O–H groups in total. The van der Waals surface area contributed by atoms with Crippen molar-refractivity contribution in [1.29, 1.82) is 0 Å². The number of fused-ring (bicyclic) bond motifs is 2. The first-order valence-electron chi connectivity index (χ1n) is 18.4. The largest absolute Gasteiger partial charge is 0.464 e. The number of likely N-dealkylation sites (N-methyl/N-ethyl adjacent to an activating group) is 2. The summed E-state index contributed by atoms with van der Waals surface area (Å²) in [5, 5.41) is 21.0. The van der Waals surface area contributed by atoms with Crippen LogP contribution >= 0.6 is 0 Å². The van der Waals surface area contributed by atoms with Gasteiger partial charge in [0.1, 0.15) is 16.7 Å². The Labute approximate surface area is 338 Å². The molecule has 2 aromatic carbocycles. The number of hydrogen-bond acceptors (Lipinski definition) is 11. The fraction of sp³-hybridized carbons (Fsp3) is 0.256. The molecule has 0 saturated carbocycles. The molecule has 2 aliphatic heterocycles. The number of ether oxygens (including phenoxy) is 1. The molecule has 3 amide bonds. The first-order chi connectivity index (χ1) is 28.1. The third-order valence-electron chi connectivity index (χ3n) is 10.2. The third-order valence-corrected chi connectivity index (χ3v) is 10.2. The monoisotopic (exact) mass is 793 g/mol. The maximum absolute atomic E-state index is 12.1. The SMILES string of the molecule is CN1CC[C@@](O)(C#Cc2cccc(-c3nc(C(N)=O)cc4c3ncn4C)c2)C1=O.COC(=O)c1cc2c(ncn2C)c(-c2cccc(C#C[C@]3(O)CCN(C)C3=O)c2)n1. The van der Waals surface area contributed by atoms with Gasteiger partial charge in [0.05, 0.1) is 42.2 Å². The lowest BCUT2D eigenvalue weighted by atomic mass is 10.0. The molecular formula is C43H39N9O7. The molecule has 8 rings (SSSR count). The summed E-state index contributed by atoms with van der Waals surface area (Å²) in [7, 11) is 8.24. The van der Waals surface area contributed by atoms with E-state index in [4.69, 9.17) is 10.5 Å². The van der Waals surface area contributed by atoms with Crippen LogP contribution in [0.25, 0.3) is 44.6 Å². The van der Waals surface area contributed by atoms with Gasteiger partial charge in [0.25, 0.3) is 17.7 Å². The molecular weight excluding hydrogens is 755 g/mol. The number of carbonyl (C=O) groups excluding carboxylic acids is 4. The summed E-state index contributed by atoms with van der Waals surface area (Å²) in [6, 6.07) is 17.6. The first-order valence-corrected chi connectivity index (χ1v) is 18.4. The smallest absolute Gasteiger partial charge is 0.356 e. The van der Waals surface area contributed by atoms with E-state index in [0.29, 0.717) is 57.8 Å². The molecule has 0 unspecified atom stereocenters. The number of benzene rings is 2. The molecule has 0 aliphatic carbocycles. The van der Waals surface area contributed by atoms with Crippen LogP contribution < -0.4 is 5.73 Å². The Hall–Kier alpha value is -7.40. The maximum atomic E-state index is 12.1. The van der Waals surface area contributed by atoms with E-state index in [1.807, 2.05) is 26.2 Å². The van der Waals surface area contributed by atoms with Gasteiger partial charge in [-0.3, -0.25) is 14.4 Å². The normalized spacial score (nSPS) is 18.6. The molecule has 0 bridgehead atoms. The average Bonchev–Trinajstić information content (AvgIpc) is 3.96. The van der Waals surface area contributed by atoms with Crippen LogP contribution in [0.2, 0.25) is 0 Å². The van der Waals surface area contributed by atoms with Gasteiger partial charge in [-0.05, 0) is 36.4 Å². The fourth-order valence-corrected chi connectivity index (χ4v) is 6.77. The number of aromatic nitrogens is 6. The highest BCUT2D eigenvalue weighted by molar-refractivity contribution is 5.99. The number of aryl methyl sites for hydroxylation is 2. The van der Waals surface area contributed by atoms with Crippen molar-refractivity contribution in [2.45, 2.75) is 24.0 Å². The second-order valence-corrected chi connectivity index (χ2v) is 14.4. The van der Waals surface area contributed by atoms with E-state index in [1.54, 1.807) is 84.4 Å². The number of aliphatic hydroxyl groups is 2. The molecule has 6 aromatic rings. The number of nitrogens with two attached hydrogens (primary N) is 1.